The summed E-state index contributed by atoms with van der Waals surface area (Å²) in [5.74, 6) is 1.18. The van der Waals surface area contributed by atoms with E-state index in [1.54, 1.807) is 5.01 Å². The zero-order valence-corrected chi connectivity index (χ0v) is 25.3. The van der Waals surface area contributed by atoms with Crippen LogP contribution in [0.3, 0.4) is 0 Å². The fraction of sp³-hybridized carbons (Fsp3) is 0.471. The number of rotatable bonds is 16. The van der Waals surface area contributed by atoms with Crippen molar-refractivity contribution in [1.82, 2.24) is 10.3 Å². The zero-order chi connectivity index (χ0) is 28.6. The number of nitrogens with one attached hydrogen (secondary N) is 1. The number of unbranched alkanes of at least 4 members (excludes halogenated alkanes) is 1. The summed E-state index contributed by atoms with van der Waals surface area (Å²) in [6.07, 6.45) is 15.5. The van der Waals surface area contributed by atoms with Crippen LogP contribution in [0.2, 0.25) is 0 Å². The van der Waals surface area contributed by atoms with Crippen molar-refractivity contribution in [2.45, 2.75) is 86.5 Å². The Balaban J connectivity index is 2.36. The molecule has 0 aliphatic carbocycles. The summed E-state index contributed by atoms with van der Waals surface area (Å²) in [4.78, 5) is 4.97. The highest BCUT2D eigenvalue weighted by Crippen LogP contribution is 2.28. The van der Waals surface area contributed by atoms with E-state index < -0.39 is 0 Å². The van der Waals surface area contributed by atoms with E-state index >= 15 is 0 Å². The maximum absolute atomic E-state index is 5.68. The molecule has 0 saturated heterocycles. The van der Waals surface area contributed by atoms with Gasteiger partial charge in [0.05, 0.1) is 6.61 Å². The quantitative estimate of drug-likeness (QED) is 0.101. The van der Waals surface area contributed by atoms with Crippen LogP contribution < -0.4 is 10.3 Å². The number of aromatic nitrogens is 1. The molecule has 0 saturated carbocycles. The summed E-state index contributed by atoms with van der Waals surface area (Å²) in [7, 11) is 0. The van der Waals surface area contributed by atoms with Gasteiger partial charge in [-0.15, -0.1) is 0 Å². The highest BCUT2D eigenvalue weighted by Gasteiger charge is 2.15. The molecule has 1 aromatic heterocycles. The molecular weight excluding hydrogens is 480 g/mol. The van der Waals surface area contributed by atoms with Gasteiger partial charge in [-0.3, -0.25) is 0 Å². The van der Waals surface area contributed by atoms with Crippen molar-refractivity contribution in [3.63, 3.8) is 0 Å². The molecule has 0 fully saturated rings. The molecule has 0 bridgehead atoms. The van der Waals surface area contributed by atoms with E-state index in [-0.39, 0.29) is 0 Å². The second-order valence-electron chi connectivity index (χ2n) is 10.1. The van der Waals surface area contributed by atoms with Crippen LogP contribution in [-0.4, -0.2) is 30.9 Å². The molecule has 1 aromatic rings. The summed E-state index contributed by atoms with van der Waals surface area (Å²) in [6, 6.07) is 6.05. The lowest BCUT2D eigenvalue weighted by Crippen LogP contribution is -2.23. The molecule has 5 nitrogen and oxygen atoms in total. The second kappa shape index (κ2) is 17.4. The first kappa shape index (κ1) is 32.0. The van der Waals surface area contributed by atoms with Gasteiger partial charge in [-0.25, -0.2) is 4.98 Å². The van der Waals surface area contributed by atoms with Crippen LogP contribution in [0.5, 0.6) is 0 Å². The normalized spacial score (nSPS) is 15.2. The third-order valence-electron chi connectivity index (χ3n) is 6.85. The number of pyridine rings is 1. The number of nitrogens with zero attached hydrogens (tertiary/aromatic N) is 3. The number of ether oxygens (including phenoxy) is 1. The Morgan fingerprint density at radius 2 is 2.00 bits per heavy atom. The zero-order valence-electron chi connectivity index (χ0n) is 25.3. The lowest BCUT2D eigenvalue weighted by Gasteiger charge is -2.21. The Morgan fingerprint density at radius 3 is 2.64 bits per heavy atom. The van der Waals surface area contributed by atoms with Crippen LogP contribution >= 0.6 is 0 Å². The van der Waals surface area contributed by atoms with Gasteiger partial charge in [0.1, 0.15) is 0 Å². The lowest BCUT2D eigenvalue weighted by atomic mass is 9.90. The Bertz CT molecular complexity index is 1120. The largest absolute Gasteiger partial charge is 0.478 e. The van der Waals surface area contributed by atoms with Crippen molar-refractivity contribution in [3.05, 3.63) is 94.6 Å². The molecule has 212 valence electrons. The molecule has 1 aliphatic rings. The smallest absolute Gasteiger partial charge is 0.208 e. The second-order valence-corrected chi connectivity index (χ2v) is 10.1. The summed E-state index contributed by atoms with van der Waals surface area (Å²) < 4.78 is 5.68. The molecule has 0 atom stereocenters. The van der Waals surface area contributed by atoms with Crippen molar-refractivity contribution in [3.8, 4) is 0 Å². The monoisotopic (exact) mass is 530 g/mol. The minimum atomic E-state index is 0.472. The fourth-order valence-electron chi connectivity index (χ4n) is 4.65. The van der Waals surface area contributed by atoms with Crippen LogP contribution in [0.4, 0.5) is 5.82 Å². The molecule has 0 amide bonds. The van der Waals surface area contributed by atoms with E-state index in [2.05, 4.69) is 82.5 Å². The Labute approximate surface area is 237 Å². The van der Waals surface area contributed by atoms with Gasteiger partial charge in [0.2, 0.25) is 5.88 Å². The standard InChI is InChI=1S/C34H50N4O/c1-9-13-21-36-38(28(8)39-12-4)34-17-14-16-32(37-34)24-31(15-10-2)33(26(5)6)19-18-29(11-3)23-30-20-22-35-25-27(30)7/h10,14-17,21,23,35H,5,8-9,11-13,18-20,22,24-25H2,1-4,6-7H3/b15-10-,29-23+,33-31+,36-21-. The van der Waals surface area contributed by atoms with Crippen LogP contribution in [0.15, 0.2) is 94.0 Å². The third kappa shape index (κ3) is 10.5. The predicted octanol–water partition coefficient (Wildman–Crippen LogP) is 8.60. The summed E-state index contributed by atoms with van der Waals surface area (Å²) >= 11 is 0. The topological polar surface area (TPSA) is 49.8 Å². The molecular formula is C34H50N4O. The minimum absolute atomic E-state index is 0.472. The molecule has 2 rings (SSSR count). The molecule has 0 unspecified atom stereocenters. The number of anilines is 1. The van der Waals surface area contributed by atoms with Crippen molar-refractivity contribution in [2.75, 3.05) is 24.7 Å². The van der Waals surface area contributed by atoms with Gasteiger partial charge in [-0.1, -0.05) is 67.9 Å². The van der Waals surface area contributed by atoms with Gasteiger partial charge in [0.25, 0.3) is 0 Å². The van der Waals surface area contributed by atoms with Crippen LogP contribution in [-0.2, 0) is 11.2 Å². The Morgan fingerprint density at radius 1 is 1.21 bits per heavy atom. The molecule has 1 aliphatic heterocycles. The van der Waals surface area contributed by atoms with Crippen molar-refractivity contribution in [1.29, 1.82) is 0 Å². The lowest BCUT2D eigenvalue weighted by molar-refractivity contribution is 0.222. The maximum atomic E-state index is 5.68. The van der Waals surface area contributed by atoms with E-state index in [1.807, 2.05) is 25.3 Å². The first-order chi connectivity index (χ1) is 18.8. The van der Waals surface area contributed by atoms with Gasteiger partial charge < -0.3 is 10.1 Å². The van der Waals surface area contributed by atoms with Crippen molar-refractivity contribution in [2.24, 2.45) is 5.10 Å². The predicted molar refractivity (Wildman–Crippen MR) is 169 cm³/mol. The number of hydrazone groups is 1. The van der Waals surface area contributed by atoms with Gasteiger partial charge in [-0.2, -0.15) is 10.1 Å². The fourth-order valence-corrected chi connectivity index (χ4v) is 4.65. The highest BCUT2D eigenvalue weighted by atomic mass is 16.5. The third-order valence-corrected chi connectivity index (χ3v) is 6.85. The number of allylic oxidation sites excluding steroid dienone is 7. The Hall–Kier alpha value is -3.18. The SMILES string of the molecule is C=C(C)/C(CC/C(=C/C1=C(C)CNCC1)CC)=C(\C=C/C)Cc1cccc(N(/N=C\CCC)C(=C)OCC)n1. The van der Waals surface area contributed by atoms with E-state index in [0.717, 1.165) is 69.3 Å². The Kier molecular flexibility index (Phi) is 14.3. The van der Waals surface area contributed by atoms with Crippen molar-refractivity contribution >= 4 is 12.0 Å². The van der Waals surface area contributed by atoms with E-state index in [1.165, 1.54) is 27.9 Å². The van der Waals surface area contributed by atoms with Gasteiger partial charge in [0, 0.05) is 24.9 Å². The van der Waals surface area contributed by atoms with E-state index in [9.17, 15) is 0 Å². The molecule has 5 heteroatoms. The van der Waals surface area contributed by atoms with Gasteiger partial charge >= 0.3 is 0 Å². The molecule has 39 heavy (non-hydrogen) atoms. The van der Waals surface area contributed by atoms with Crippen LogP contribution in [0.1, 0.15) is 85.8 Å². The average Bonchev–Trinajstić information content (AvgIpc) is 2.91. The average molecular weight is 531 g/mol. The molecule has 0 spiro atoms. The number of hydrogen-bond donors (Lipinski definition) is 1. The summed E-state index contributed by atoms with van der Waals surface area (Å²) in [5, 5.41) is 9.76. The maximum Gasteiger partial charge on any atom is 0.208 e. The molecule has 1 N–H and O–H groups in total. The number of hydrogen-bond acceptors (Lipinski definition) is 5. The van der Waals surface area contributed by atoms with Crippen LogP contribution in [0.25, 0.3) is 0 Å². The van der Waals surface area contributed by atoms with E-state index in [0.29, 0.717) is 18.3 Å². The first-order valence-electron chi connectivity index (χ1n) is 14.5. The summed E-state index contributed by atoms with van der Waals surface area (Å²) in [6.45, 7) is 23.8. The molecule has 0 radical (unpaired) electrons. The van der Waals surface area contributed by atoms with E-state index in [4.69, 9.17) is 9.72 Å². The van der Waals surface area contributed by atoms with Crippen LogP contribution in [0, 0.1) is 0 Å². The van der Waals surface area contributed by atoms with Gasteiger partial charge in [0.15, 0.2) is 5.82 Å². The van der Waals surface area contributed by atoms with Gasteiger partial charge in [-0.05, 0) is 102 Å². The molecule has 0 aromatic carbocycles. The molecule has 2 heterocycles. The highest BCUT2D eigenvalue weighted by molar-refractivity contribution is 5.60. The van der Waals surface area contributed by atoms with Crippen molar-refractivity contribution < 1.29 is 4.74 Å². The summed E-state index contributed by atoms with van der Waals surface area (Å²) in [5.41, 5.74) is 9.12. The first-order valence-corrected chi connectivity index (χ1v) is 14.5. The minimum Gasteiger partial charge on any atom is -0.478 e.